The maximum atomic E-state index is 13.2. The molecule has 2 aliphatic rings. The molecule has 0 amide bonds. The highest BCUT2D eigenvalue weighted by molar-refractivity contribution is 6.30. The molecule has 3 rings (SSSR count). The normalized spacial score (nSPS) is 34.7. The molecule has 2 aliphatic heterocycles. The van der Waals surface area contributed by atoms with Crippen molar-refractivity contribution < 1.29 is 14.2 Å². The fourth-order valence-electron chi connectivity index (χ4n) is 3.46. The van der Waals surface area contributed by atoms with Gasteiger partial charge in [-0.1, -0.05) is 17.7 Å². The largest absolute Gasteiger partial charge is 0.388 e. The lowest BCUT2D eigenvalue weighted by molar-refractivity contribution is -0.0264. The van der Waals surface area contributed by atoms with Gasteiger partial charge in [0.05, 0.1) is 23.3 Å². The van der Waals surface area contributed by atoms with Crippen LogP contribution in [0.1, 0.15) is 30.9 Å². The van der Waals surface area contributed by atoms with E-state index >= 15 is 0 Å². The first kappa shape index (κ1) is 13.3. The predicted octanol–water partition coefficient (Wildman–Crippen LogP) is 2.41. The van der Waals surface area contributed by atoms with Gasteiger partial charge in [-0.25, -0.2) is 4.39 Å². The summed E-state index contributed by atoms with van der Waals surface area (Å²) in [5, 5.41) is 10.7. The Hall–Kier alpha value is -0.680. The molecule has 0 saturated carbocycles. The van der Waals surface area contributed by atoms with E-state index in [9.17, 15) is 9.50 Å². The molecule has 1 aromatic carbocycles. The van der Waals surface area contributed by atoms with Gasteiger partial charge >= 0.3 is 0 Å². The molecule has 4 atom stereocenters. The van der Waals surface area contributed by atoms with Crippen LogP contribution >= 0.6 is 11.6 Å². The average molecular weight is 286 g/mol. The van der Waals surface area contributed by atoms with Gasteiger partial charge < -0.3 is 15.6 Å². The number of benzene rings is 1. The van der Waals surface area contributed by atoms with Crippen LogP contribution in [0.5, 0.6) is 0 Å². The van der Waals surface area contributed by atoms with Crippen LogP contribution in [0, 0.1) is 11.2 Å². The van der Waals surface area contributed by atoms with Crippen molar-refractivity contribution in [2.75, 3.05) is 6.54 Å². The van der Waals surface area contributed by atoms with Crippen molar-refractivity contribution in [1.82, 2.24) is 0 Å². The molecule has 2 bridgehead atoms. The van der Waals surface area contributed by atoms with E-state index in [0.717, 1.165) is 19.3 Å². The summed E-state index contributed by atoms with van der Waals surface area (Å²) in [4.78, 5) is 0. The zero-order valence-electron chi connectivity index (χ0n) is 10.5. The molecular formula is C14H17ClFNO2. The van der Waals surface area contributed by atoms with Gasteiger partial charge in [-0.15, -0.1) is 0 Å². The molecule has 19 heavy (non-hydrogen) atoms. The second-order valence-electron chi connectivity index (χ2n) is 5.54. The van der Waals surface area contributed by atoms with E-state index in [2.05, 4.69) is 0 Å². The summed E-state index contributed by atoms with van der Waals surface area (Å²) in [6.45, 7) is 0.352. The topological polar surface area (TPSA) is 55.5 Å². The lowest BCUT2D eigenvalue weighted by atomic mass is 9.68. The lowest BCUT2D eigenvalue weighted by Gasteiger charge is -2.38. The number of aliphatic hydroxyl groups excluding tert-OH is 1. The second-order valence-corrected chi connectivity index (χ2v) is 5.95. The van der Waals surface area contributed by atoms with Crippen LogP contribution < -0.4 is 5.73 Å². The summed E-state index contributed by atoms with van der Waals surface area (Å²) < 4.78 is 19.0. The van der Waals surface area contributed by atoms with E-state index in [1.165, 1.54) is 12.1 Å². The van der Waals surface area contributed by atoms with Gasteiger partial charge in [0, 0.05) is 12.0 Å². The maximum Gasteiger partial charge on any atom is 0.141 e. The number of rotatable bonds is 3. The summed E-state index contributed by atoms with van der Waals surface area (Å²) >= 11 is 5.78. The van der Waals surface area contributed by atoms with Gasteiger partial charge in [0.1, 0.15) is 5.82 Å². The van der Waals surface area contributed by atoms with Crippen LogP contribution in [0.25, 0.3) is 0 Å². The Bertz CT molecular complexity index is 498. The molecule has 0 aromatic heterocycles. The van der Waals surface area contributed by atoms with Gasteiger partial charge in [0.25, 0.3) is 0 Å². The van der Waals surface area contributed by atoms with Crippen LogP contribution in [0.2, 0.25) is 5.02 Å². The van der Waals surface area contributed by atoms with Gasteiger partial charge in [0.2, 0.25) is 0 Å². The Labute approximate surface area is 116 Å². The van der Waals surface area contributed by atoms with Crippen molar-refractivity contribution >= 4 is 11.6 Å². The molecule has 4 unspecified atom stereocenters. The minimum atomic E-state index is -0.772. The Morgan fingerprint density at radius 2 is 2.32 bits per heavy atom. The molecule has 2 fully saturated rings. The maximum absolute atomic E-state index is 13.2. The van der Waals surface area contributed by atoms with Crippen LogP contribution in [0.15, 0.2) is 18.2 Å². The van der Waals surface area contributed by atoms with Crippen LogP contribution in [-0.2, 0) is 4.74 Å². The quantitative estimate of drug-likeness (QED) is 0.897. The number of ether oxygens (including phenoxy) is 1. The minimum absolute atomic E-state index is 0.0127. The van der Waals surface area contributed by atoms with Gasteiger partial charge in [-0.05, 0) is 37.0 Å². The first-order valence-electron chi connectivity index (χ1n) is 6.55. The van der Waals surface area contributed by atoms with Crippen molar-refractivity contribution in [1.29, 1.82) is 0 Å². The molecule has 0 radical (unpaired) electrons. The molecule has 0 spiro atoms. The summed E-state index contributed by atoms with van der Waals surface area (Å²) in [5.41, 5.74) is 6.05. The Kier molecular flexibility index (Phi) is 3.29. The van der Waals surface area contributed by atoms with Crippen molar-refractivity contribution in [3.8, 4) is 0 Å². The third kappa shape index (κ3) is 1.98. The predicted molar refractivity (Wildman–Crippen MR) is 70.4 cm³/mol. The molecular weight excluding hydrogens is 269 g/mol. The first-order chi connectivity index (χ1) is 9.06. The standard InChI is InChI=1S/C14H17ClFNO2/c15-10-5-8(1-3-11(10)16)13(18)14(7-17)6-9-2-4-12(14)19-9/h1,3,5,9,12-13,18H,2,4,6-7,17H2. The summed E-state index contributed by atoms with van der Waals surface area (Å²) in [5.74, 6) is -0.483. The Morgan fingerprint density at radius 1 is 1.53 bits per heavy atom. The van der Waals surface area contributed by atoms with E-state index in [1.54, 1.807) is 6.07 Å². The zero-order valence-corrected chi connectivity index (χ0v) is 11.2. The number of halogens is 2. The molecule has 104 valence electrons. The van der Waals surface area contributed by atoms with E-state index < -0.39 is 17.3 Å². The highest BCUT2D eigenvalue weighted by Gasteiger charge is 2.55. The van der Waals surface area contributed by atoms with Crippen molar-refractivity contribution in [2.24, 2.45) is 11.1 Å². The van der Waals surface area contributed by atoms with E-state index in [-0.39, 0.29) is 17.2 Å². The van der Waals surface area contributed by atoms with Crippen LogP contribution in [-0.4, -0.2) is 23.9 Å². The molecule has 3 nitrogen and oxygen atoms in total. The van der Waals surface area contributed by atoms with Gasteiger partial charge in [-0.2, -0.15) is 0 Å². The molecule has 1 aromatic rings. The SMILES string of the molecule is NCC1(C(O)c2ccc(F)c(Cl)c2)CC2CCC1O2. The highest BCUT2D eigenvalue weighted by atomic mass is 35.5. The zero-order chi connectivity index (χ0) is 13.6. The van der Waals surface area contributed by atoms with Gasteiger partial charge in [-0.3, -0.25) is 0 Å². The summed E-state index contributed by atoms with van der Waals surface area (Å²) in [7, 11) is 0. The smallest absolute Gasteiger partial charge is 0.141 e. The number of hydrogen-bond acceptors (Lipinski definition) is 3. The third-order valence-corrected chi connectivity index (χ3v) is 4.83. The molecule has 2 saturated heterocycles. The van der Waals surface area contributed by atoms with E-state index in [4.69, 9.17) is 22.1 Å². The summed E-state index contributed by atoms with van der Waals surface area (Å²) in [6.07, 6.45) is 2.12. The first-order valence-corrected chi connectivity index (χ1v) is 6.93. The molecule has 2 heterocycles. The van der Waals surface area contributed by atoms with E-state index in [0.29, 0.717) is 12.1 Å². The van der Waals surface area contributed by atoms with Crippen molar-refractivity contribution in [3.63, 3.8) is 0 Å². The fraction of sp³-hybridized carbons (Fsp3) is 0.571. The second kappa shape index (κ2) is 4.70. The molecule has 0 aliphatic carbocycles. The Morgan fingerprint density at radius 3 is 2.84 bits per heavy atom. The number of nitrogens with two attached hydrogens (primary N) is 1. The Balaban J connectivity index is 1.93. The fourth-order valence-corrected chi connectivity index (χ4v) is 3.65. The van der Waals surface area contributed by atoms with Gasteiger partial charge in [0.15, 0.2) is 0 Å². The number of hydrogen-bond donors (Lipinski definition) is 2. The average Bonchev–Trinajstić information content (AvgIpc) is 3.02. The van der Waals surface area contributed by atoms with Crippen molar-refractivity contribution in [2.45, 2.75) is 37.6 Å². The summed E-state index contributed by atoms with van der Waals surface area (Å²) in [6, 6.07) is 4.32. The van der Waals surface area contributed by atoms with E-state index in [1.807, 2.05) is 0 Å². The van der Waals surface area contributed by atoms with Crippen molar-refractivity contribution in [3.05, 3.63) is 34.6 Å². The molecule has 3 N–H and O–H groups in total. The number of aliphatic hydroxyl groups is 1. The van der Waals surface area contributed by atoms with Crippen LogP contribution in [0.4, 0.5) is 4.39 Å². The highest BCUT2D eigenvalue weighted by Crippen LogP contribution is 2.53. The van der Waals surface area contributed by atoms with Crippen LogP contribution in [0.3, 0.4) is 0 Å². The minimum Gasteiger partial charge on any atom is -0.388 e. The monoisotopic (exact) mass is 285 g/mol. The number of fused-ring (bicyclic) bond motifs is 2. The third-order valence-electron chi connectivity index (χ3n) is 4.54. The molecule has 5 heteroatoms. The lowest BCUT2D eigenvalue weighted by Crippen LogP contribution is -2.44.